The number of Topliss-reactive ketones (excluding diaryl/α,β-unsaturated/α-hetero) is 2. The highest BCUT2D eigenvalue weighted by Crippen LogP contribution is 2.52. The fourth-order valence-electron chi connectivity index (χ4n) is 6.81. The first kappa shape index (κ1) is 25.6. The summed E-state index contributed by atoms with van der Waals surface area (Å²) in [5.41, 5.74) is 5.19. The predicted octanol–water partition coefficient (Wildman–Crippen LogP) is 2.49. The Balaban J connectivity index is 1.32. The summed E-state index contributed by atoms with van der Waals surface area (Å²) in [6.45, 7) is 0.372. The van der Waals surface area contributed by atoms with E-state index in [9.17, 15) is 34.8 Å². The van der Waals surface area contributed by atoms with Gasteiger partial charge < -0.3 is 31.5 Å². The van der Waals surface area contributed by atoms with Gasteiger partial charge in [0, 0.05) is 35.5 Å². The van der Waals surface area contributed by atoms with Crippen LogP contribution in [0.2, 0.25) is 5.02 Å². The average molecular weight is 551 g/mol. The summed E-state index contributed by atoms with van der Waals surface area (Å²) in [6.07, 6.45) is 1.70. The van der Waals surface area contributed by atoms with Crippen LogP contribution in [-0.4, -0.2) is 49.5 Å². The molecule has 0 heterocycles. The molecule has 0 saturated heterocycles. The number of ketones is 2. The van der Waals surface area contributed by atoms with Gasteiger partial charge in [-0.2, -0.15) is 0 Å². The maximum absolute atomic E-state index is 13.6. The normalized spacial score (nSPS) is 26.3. The molecule has 3 atom stereocenters. The van der Waals surface area contributed by atoms with Crippen molar-refractivity contribution >= 4 is 29.1 Å². The zero-order chi connectivity index (χ0) is 27.8. The van der Waals surface area contributed by atoms with Crippen LogP contribution in [0.25, 0.3) is 0 Å². The third kappa shape index (κ3) is 3.71. The SMILES string of the molecule is NC(=O)C1=C(O)C[C@@H]2CC3Cc4c(Cl)c(CNC5Cc6ccccc6C5)cc(O)c4C(=O)C3=C(O)[C@]2(O)C1=O. The van der Waals surface area contributed by atoms with E-state index in [-0.39, 0.29) is 42.2 Å². The molecule has 0 spiro atoms. The van der Waals surface area contributed by atoms with Gasteiger partial charge >= 0.3 is 0 Å². The van der Waals surface area contributed by atoms with Crippen molar-refractivity contribution in [1.29, 1.82) is 0 Å². The van der Waals surface area contributed by atoms with Crippen LogP contribution < -0.4 is 11.1 Å². The molecule has 0 aromatic heterocycles. The molecule has 202 valence electrons. The lowest BCUT2D eigenvalue weighted by Crippen LogP contribution is -2.57. The van der Waals surface area contributed by atoms with E-state index in [0.717, 1.165) is 12.8 Å². The molecule has 39 heavy (non-hydrogen) atoms. The molecule has 0 aliphatic heterocycles. The number of fused-ring (bicyclic) bond motifs is 4. The predicted molar refractivity (Wildman–Crippen MR) is 140 cm³/mol. The van der Waals surface area contributed by atoms with Crippen LogP contribution in [0.1, 0.15) is 45.5 Å². The van der Waals surface area contributed by atoms with Gasteiger partial charge in [-0.05, 0) is 59.9 Å². The largest absolute Gasteiger partial charge is 0.511 e. The Bertz CT molecular complexity index is 1520. The molecule has 0 fully saturated rings. The van der Waals surface area contributed by atoms with Crippen LogP contribution in [0.15, 0.2) is 53.0 Å². The van der Waals surface area contributed by atoms with Crippen molar-refractivity contribution in [2.24, 2.45) is 17.6 Å². The third-order valence-corrected chi connectivity index (χ3v) is 9.17. The number of aliphatic hydroxyl groups is 3. The number of benzene rings is 2. The van der Waals surface area contributed by atoms with E-state index in [1.165, 1.54) is 17.2 Å². The summed E-state index contributed by atoms with van der Waals surface area (Å²) in [5.74, 6) is -6.60. The Morgan fingerprint density at radius 1 is 1.08 bits per heavy atom. The molecule has 2 aromatic carbocycles. The van der Waals surface area contributed by atoms with Gasteiger partial charge in [0.15, 0.2) is 11.4 Å². The van der Waals surface area contributed by atoms with Crippen LogP contribution >= 0.6 is 11.6 Å². The van der Waals surface area contributed by atoms with E-state index in [0.29, 0.717) is 22.7 Å². The molecular weight excluding hydrogens is 524 g/mol. The lowest BCUT2D eigenvalue weighted by atomic mass is 9.60. The first-order valence-electron chi connectivity index (χ1n) is 12.8. The van der Waals surface area contributed by atoms with E-state index in [1.807, 2.05) is 12.1 Å². The van der Waals surface area contributed by atoms with E-state index in [4.69, 9.17) is 17.3 Å². The maximum atomic E-state index is 13.6. The topological polar surface area (TPSA) is 170 Å². The molecule has 1 amide bonds. The number of aromatic hydroxyl groups is 1. The lowest BCUT2D eigenvalue weighted by Gasteiger charge is -2.45. The molecule has 0 radical (unpaired) electrons. The molecule has 6 rings (SSSR count). The molecular formula is C29H27ClN2O7. The number of nitrogens with two attached hydrogens (primary N) is 1. The smallest absolute Gasteiger partial charge is 0.255 e. The van der Waals surface area contributed by atoms with Crippen molar-refractivity contribution in [1.82, 2.24) is 5.32 Å². The number of aliphatic hydroxyl groups excluding tert-OH is 2. The third-order valence-electron chi connectivity index (χ3n) is 8.70. The molecule has 9 nitrogen and oxygen atoms in total. The van der Waals surface area contributed by atoms with Gasteiger partial charge in [0.1, 0.15) is 22.8 Å². The minimum Gasteiger partial charge on any atom is -0.511 e. The van der Waals surface area contributed by atoms with Gasteiger partial charge in [-0.25, -0.2) is 0 Å². The number of carbonyl (C=O) groups excluding carboxylic acids is 3. The Labute approximate surface area is 228 Å². The van der Waals surface area contributed by atoms with Gasteiger partial charge in [-0.3, -0.25) is 14.4 Å². The van der Waals surface area contributed by atoms with E-state index in [2.05, 4.69) is 17.4 Å². The Kier molecular flexibility index (Phi) is 5.87. The van der Waals surface area contributed by atoms with Crippen molar-refractivity contribution in [3.8, 4) is 5.75 Å². The van der Waals surface area contributed by atoms with Crippen molar-refractivity contribution < 1.29 is 34.8 Å². The van der Waals surface area contributed by atoms with Gasteiger partial charge in [0.25, 0.3) is 5.91 Å². The van der Waals surface area contributed by atoms with Gasteiger partial charge in [-0.15, -0.1) is 0 Å². The summed E-state index contributed by atoms with van der Waals surface area (Å²) < 4.78 is 0. The first-order valence-corrected chi connectivity index (χ1v) is 13.2. The zero-order valence-electron chi connectivity index (χ0n) is 20.8. The molecule has 0 saturated carbocycles. The second-order valence-electron chi connectivity index (χ2n) is 10.9. The summed E-state index contributed by atoms with van der Waals surface area (Å²) in [6, 6.07) is 9.87. The minimum absolute atomic E-state index is 0.0583. The number of phenolic OH excluding ortho intramolecular Hbond substituents is 1. The average Bonchev–Trinajstić information content (AvgIpc) is 3.30. The fraction of sp³-hybridized carbons (Fsp3) is 0.345. The van der Waals surface area contributed by atoms with Crippen LogP contribution in [0, 0.1) is 11.8 Å². The quantitative estimate of drug-likeness (QED) is 0.315. The molecule has 7 N–H and O–H groups in total. The number of phenols is 1. The molecule has 2 aromatic rings. The standard InChI is InChI=1S/C29H27ClN2O7/c30-24-15(11-32-17-6-12-3-1-2-4-13(12)7-17)9-19(33)22-18(24)8-14-5-16-10-20(34)23(28(31)38)27(37)29(16,39)26(36)21(14)25(22)35/h1-4,9,14,16-17,32-34,36,39H,5-8,10-11H2,(H2,31,38)/t14?,16-,29-/m0/s1. The second kappa shape index (κ2) is 8.94. The number of halogens is 1. The van der Waals surface area contributed by atoms with Gasteiger partial charge in [-0.1, -0.05) is 35.9 Å². The Morgan fingerprint density at radius 2 is 1.74 bits per heavy atom. The molecule has 4 aliphatic carbocycles. The zero-order valence-corrected chi connectivity index (χ0v) is 21.6. The van der Waals surface area contributed by atoms with Crippen LogP contribution in [0.4, 0.5) is 0 Å². The van der Waals surface area contributed by atoms with Gasteiger partial charge in [0.2, 0.25) is 5.78 Å². The molecule has 0 bridgehead atoms. The maximum Gasteiger partial charge on any atom is 0.255 e. The van der Waals surface area contributed by atoms with E-state index < -0.39 is 52.0 Å². The lowest BCUT2D eigenvalue weighted by molar-refractivity contribution is -0.144. The van der Waals surface area contributed by atoms with Gasteiger partial charge in [0.05, 0.1) is 5.56 Å². The van der Waals surface area contributed by atoms with Crippen LogP contribution in [0.3, 0.4) is 0 Å². The minimum atomic E-state index is -2.59. The number of allylic oxidation sites excluding steroid dienone is 2. The van der Waals surface area contributed by atoms with Crippen molar-refractivity contribution in [2.45, 2.75) is 50.3 Å². The summed E-state index contributed by atoms with van der Waals surface area (Å²) in [7, 11) is 0. The summed E-state index contributed by atoms with van der Waals surface area (Å²) in [4.78, 5) is 38.4. The van der Waals surface area contributed by atoms with E-state index >= 15 is 0 Å². The highest BCUT2D eigenvalue weighted by molar-refractivity contribution is 6.33. The molecule has 4 aliphatic rings. The molecule has 1 unspecified atom stereocenters. The number of primary amides is 1. The number of amides is 1. The second-order valence-corrected chi connectivity index (χ2v) is 11.3. The van der Waals surface area contributed by atoms with Crippen molar-refractivity contribution in [3.05, 3.63) is 85.8 Å². The van der Waals surface area contributed by atoms with Crippen LogP contribution in [-0.2, 0) is 35.4 Å². The highest BCUT2D eigenvalue weighted by atomic mass is 35.5. The number of nitrogens with one attached hydrogen (secondary N) is 1. The number of hydrogen-bond acceptors (Lipinski definition) is 8. The number of rotatable bonds is 4. The summed E-state index contributed by atoms with van der Waals surface area (Å²) in [5, 5.41) is 47.4. The van der Waals surface area contributed by atoms with Crippen LogP contribution in [0.5, 0.6) is 5.75 Å². The first-order chi connectivity index (χ1) is 18.5. The fourth-order valence-corrected chi connectivity index (χ4v) is 7.10. The Hall–Kier alpha value is -3.66. The van der Waals surface area contributed by atoms with Crippen molar-refractivity contribution in [3.63, 3.8) is 0 Å². The molecule has 10 heteroatoms. The monoisotopic (exact) mass is 550 g/mol. The van der Waals surface area contributed by atoms with Crippen molar-refractivity contribution in [2.75, 3.05) is 0 Å². The number of hydrogen-bond donors (Lipinski definition) is 6. The van der Waals surface area contributed by atoms with E-state index in [1.54, 1.807) is 0 Å². The number of carbonyl (C=O) groups is 3. The summed E-state index contributed by atoms with van der Waals surface area (Å²) >= 11 is 6.79. The highest BCUT2D eigenvalue weighted by Gasteiger charge is 2.59. The Morgan fingerprint density at radius 3 is 2.38 bits per heavy atom.